The molecule has 2 aromatic rings. The van der Waals surface area contributed by atoms with E-state index >= 15 is 0 Å². The highest BCUT2D eigenvalue weighted by Gasteiger charge is 2.24. The minimum atomic E-state index is -3.60. The fraction of sp³-hybridized carbons (Fsp3) is 0.333. The zero-order chi connectivity index (χ0) is 15.6. The number of anilines is 1. The SMILES string of the molecule is CCc1ccc(N)cc1S(=O)(=O)N(C)Cc1ccc(C)o1. The third-order valence-electron chi connectivity index (χ3n) is 3.33. The van der Waals surface area contributed by atoms with Crippen molar-refractivity contribution in [1.82, 2.24) is 4.31 Å². The predicted molar refractivity (Wildman–Crippen MR) is 82.3 cm³/mol. The second kappa shape index (κ2) is 5.91. The molecule has 0 saturated heterocycles. The second-order valence-electron chi connectivity index (χ2n) is 4.99. The molecule has 1 aromatic heterocycles. The molecular weight excluding hydrogens is 288 g/mol. The van der Waals surface area contributed by atoms with Crippen LogP contribution in [0.25, 0.3) is 0 Å². The first-order chi connectivity index (χ1) is 9.84. The van der Waals surface area contributed by atoms with E-state index in [0.29, 0.717) is 17.9 Å². The Kier molecular flexibility index (Phi) is 4.39. The van der Waals surface area contributed by atoms with Crippen LogP contribution < -0.4 is 5.73 Å². The van der Waals surface area contributed by atoms with Gasteiger partial charge in [0.15, 0.2) is 0 Å². The lowest BCUT2D eigenvalue weighted by Gasteiger charge is -2.18. The summed E-state index contributed by atoms with van der Waals surface area (Å²) in [5.74, 6) is 1.37. The van der Waals surface area contributed by atoms with E-state index in [4.69, 9.17) is 10.2 Å². The Morgan fingerprint density at radius 1 is 1.24 bits per heavy atom. The van der Waals surface area contributed by atoms with Crippen LogP contribution >= 0.6 is 0 Å². The van der Waals surface area contributed by atoms with Crippen molar-refractivity contribution < 1.29 is 12.8 Å². The van der Waals surface area contributed by atoms with Gasteiger partial charge < -0.3 is 10.2 Å². The highest BCUT2D eigenvalue weighted by atomic mass is 32.2. The fourth-order valence-corrected chi connectivity index (χ4v) is 3.61. The minimum Gasteiger partial charge on any atom is -0.465 e. The van der Waals surface area contributed by atoms with E-state index in [0.717, 1.165) is 11.3 Å². The van der Waals surface area contributed by atoms with E-state index in [1.807, 2.05) is 19.9 Å². The van der Waals surface area contributed by atoms with Gasteiger partial charge in [-0.2, -0.15) is 4.31 Å². The van der Waals surface area contributed by atoms with Gasteiger partial charge in [-0.1, -0.05) is 13.0 Å². The van der Waals surface area contributed by atoms with E-state index in [2.05, 4.69) is 0 Å². The number of furan rings is 1. The second-order valence-corrected chi connectivity index (χ2v) is 7.01. The molecule has 0 aliphatic rings. The van der Waals surface area contributed by atoms with Crippen LogP contribution in [0, 0.1) is 6.92 Å². The van der Waals surface area contributed by atoms with Crippen molar-refractivity contribution in [1.29, 1.82) is 0 Å². The molecule has 1 aromatic carbocycles. The van der Waals surface area contributed by atoms with Gasteiger partial charge in [-0.05, 0) is 43.2 Å². The first-order valence-corrected chi connectivity index (χ1v) is 8.18. The minimum absolute atomic E-state index is 0.189. The molecule has 0 unspecified atom stereocenters. The van der Waals surface area contributed by atoms with Crippen LogP contribution in [-0.2, 0) is 23.0 Å². The molecule has 21 heavy (non-hydrogen) atoms. The molecular formula is C15H20N2O3S. The lowest BCUT2D eigenvalue weighted by atomic mass is 10.1. The maximum atomic E-state index is 12.7. The van der Waals surface area contributed by atoms with Crippen LogP contribution in [0.5, 0.6) is 0 Å². The summed E-state index contributed by atoms with van der Waals surface area (Å²) in [5.41, 5.74) is 6.93. The van der Waals surface area contributed by atoms with Gasteiger partial charge in [-0.3, -0.25) is 0 Å². The van der Waals surface area contributed by atoms with Crippen molar-refractivity contribution in [2.24, 2.45) is 0 Å². The quantitative estimate of drug-likeness (QED) is 0.861. The predicted octanol–water partition coefficient (Wildman–Crippen LogP) is 2.55. The third kappa shape index (κ3) is 3.28. The summed E-state index contributed by atoms with van der Waals surface area (Å²) < 4.78 is 32.1. The topological polar surface area (TPSA) is 76.5 Å². The Morgan fingerprint density at radius 2 is 1.95 bits per heavy atom. The molecule has 6 heteroatoms. The first-order valence-electron chi connectivity index (χ1n) is 6.74. The van der Waals surface area contributed by atoms with Crippen molar-refractivity contribution in [3.05, 3.63) is 47.4 Å². The number of sulfonamides is 1. The van der Waals surface area contributed by atoms with Crippen molar-refractivity contribution in [3.8, 4) is 0 Å². The molecule has 5 nitrogen and oxygen atoms in total. The number of hydrogen-bond donors (Lipinski definition) is 1. The highest BCUT2D eigenvalue weighted by Crippen LogP contribution is 2.24. The Bertz CT molecular complexity index is 735. The molecule has 2 rings (SSSR count). The lowest BCUT2D eigenvalue weighted by molar-refractivity contribution is 0.397. The third-order valence-corrected chi connectivity index (χ3v) is 5.22. The summed E-state index contributed by atoms with van der Waals surface area (Å²) in [6, 6.07) is 8.58. The summed E-state index contributed by atoms with van der Waals surface area (Å²) >= 11 is 0. The smallest absolute Gasteiger partial charge is 0.243 e. The summed E-state index contributed by atoms with van der Waals surface area (Å²) in [6.45, 7) is 3.93. The van der Waals surface area contributed by atoms with E-state index in [1.165, 1.54) is 17.4 Å². The van der Waals surface area contributed by atoms with Crippen LogP contribution in [0.4, 0.5) is 5.69 Å². The Labute approximate surface area is 125 Å². The van der Waals surface area contributed by atoms with Crippen molar-refractivity contribution in [2.45, 2.75) is 31.7 Å². The molecule has 2 N–H and O–H groups in total. The summed E-state index contributed by atoms with van der Waals surface area (Å²) in [5, 5.41) is 0. The Hall–Kier alpha value is -1.79. The average Bonchev–Trinajstić information content (AvgIpc) is 2.84. The van der Waals surface area contributed by atoms with E-state index in [1.54, 1.807) is 18.2 Å². The summed E-state index contributed by atoms with van der Waals surface area (Å²) in [7, 11) is -2.06. The maximum Gasteiger partial charge on any atom is 0.243 e. The average molecular weight is 308 g/mol. The molecule has 0 saturated carbocycles. The van der Waals surface area contributed by atoms with Gasteiger partial charge >= 0.3 is 0 Å². The molecule has 0 bridgehead atoms. The maximum absolute atomic E-state index is 12.7. The molecule has 0 amide bonds. The van der Waals surface area contributed by atoms with E-state index in [-0.39, 0.29) is 11.4 Å². The first kappa shape index (κ1) is 15.6. The molecule has 1 heterocycles. The van der Waals surface area contributed by atoms with Gasteiger partial charge in [0.2, 0.25) is 10.0 Å². The number of benzene rings is 1. The fourth-order valence-electron chi connectivity index (χ4n) is 2.15. The molecule has 0 spiro atoms. The monoisotopic (exact) mass is 308 g/mol. The standard InChI is InChI=1S/C15H20N2O3S/c1-4-12-6-7-13(16)9-15(12)21(18,19)17(3)10-14-8-5-11(2)20-14/h5-9H,4,10,16H2,1-3H3. The molecule has 0 atom stereocenters. The van der Waals surface area contributed by atoms with Crippen LogP contribution in [-0.4, -0.2) is 19.8 Å². The Morgan fingerprint density at radius 3 is 2.52 bits per heavy atom. The largest absolute Gasteiger partial charge is 0.465 e. The molecule has 0 radical (unpaired) electrons. The van der Waals surface area contributed by atoms with Crippen LogP contribution in [0.1, 0.15) is 24.0 Å². The zero-order valence-corrected chi connectivity index (χ0v) is 13.3. The zero-order valence-electron chi connectivity index (χ0n) is 12.5. The van der Waals surface area contributed by atoms with Gasteiger partial charge in [0.1, 0.15) is 11.5 Å². The number of nitrogens with two attached hydrogens (primary N) is 1. The van der Waals surface area contributed by atoms with E-state index in [9.17, 15) is 8.42 Å². The van der Waals surface area contributed by atoms with Gasteiger partial charge in [-0.25, -0.2) is 8.42 Å². The number of aryl methyl sites for hydroxylation is 2. The normalized spacial score (nSPS) is 12.0. The van der Waals surface area contributed by atoms with Gasteiger partial charge in [0, 0.05) is 12.7 Å². The van der Waals surface area contributed by atoms with Gasteiger partial charge in [-0.15, -0.1) is 0 Å². The highest BCUT2D eigenvalue weighted by molar-refractivity contribution is 7.89. The van der Waals surface area contributed by atoms with Gasteiger partial charge in [0.05, 0.1) is 11.4 Å². The number of hydrogen-bond acceptors (Lipinski definition) is 4. The van der Waals surface area contributed by atoms with Gasteiger partial charge in [0.25, 0.3) is 0 Å². The number of nitrogen functional groups attached to an aromatic ring is 1. The van der Waals surface area contributed by atoms with Crippen molar-refractivity contribution in [2.75, 3.05) is 12.8 Å². The molecule has 114 valence electrons. The molecule has 0 aliphatic carbocycles. The van der Waals surface area contributed by atoms with Crippen LogP contribution in [0.3, 0.4) is 0 Å². The number of rotatable bonds is 5. The number of nitrogens with zero attached hydrogens (tertiary/aromatic N) is 1. The van der Waals surface area contributed by atoms with Crippen LogP contribution in [0.2, 0.25) is 0 Å². The Balaban J connectivity index is 2.35. The van der Waals surface area contributed by atoms with E-state index < -0.39 is 10.0 Å². The summed E-state index contributed by atoms with van der Waals surface area (Å²) in [4.78, 5) is 0.260. The van der Waals surface area contributed by atoms with Crippen molar-refractivity contribution in [3.63, 3.8) is 0 Å². The molecule has 0 aliphatic heterocycles. The lowest BCUT2D eigenvalue weighted by Crippen LogP contribution is -2.27. The van der Waals surface area contributed by atoms with Crippen molar-refractivity contribution >= 4 is 15.7 Å². The van der Waals surface area contributed by atoms with Crippen LogP contribution in [0.15, 0.2) is 39.6 Å². The summed E-state index contributed by atoms with van der Waals surface area (Å²) in [6.07, 6.45) is 0.628. The molecule has 0 fully saturated rings.